The van der Waals surface area contributed by atoms with Crippen molar-refractivity contribution in [3.63, 3.8) is 0 Å². The first-order valence-electron chi connectivity index (χ1n) is 8.62. The Morgan fingerprint density at radius 1 is 1.20 bits per heavy atom. The minimum atomic E-state index is 0.435. The highest BCUT2D eigenvalue weighted by Gasteiger charge is 2.27. The van der Waals surface area contributed by atoms with Gasteiger partial charge in [0.25, 0.3) is 0 Å². The topological polar surface area (TPSA) is 77.5 Å². The molecule has 3 aromatic rings. The molecule has 0 aliphatic carbocycles. The Labute approximate surface area is 146 Å². The number of para-hydroxylation sites is 1. The van der Waals surface area contributed by atoms with E-state index in [-0.39, 0.29) is 0 Å². The van der Waals surface area contributed by atoms with Crippen molar-refractivity contribution in [2.24, 2.45) is 0 Å². The Bertz CT molecular complexity index is 818. The van der Waals surface area contributed by atoms with Crippen LogP contribution in [0.2, 0.25) is 0 Å². The van der Waals surface area contributed by atoms with Gasteiger partial charge in [-0.3, -0.25) is 9.58 Å². The summed E-state index contributed by atoms with van der Waals surface area (Å²) in [5.74, 6) is 0.878. The predicted molar refractivity (Wildman–Crippen MR) is 92.1 cm³/mol. The molecular weight excluding hydrogens is 316 g/mol. The molecule has 1 unspecified atom stereocenters. The van der Waals surface area contributed by atoms with Crippen molar-refractivity contribution in [1.29, 1.82) is 0 Å². The summed E-state index contributed by atoms with van der Waals surface area (Å²) < 4.78 is 3.78. The summed E-state index contributed by atoms with van der Waals surface area (Å²) in [5.41, 5.74) is 3.43. The molecule has 25 heavy (non-hydrogen) atoms. The number of benzene rings is 1. The number of rotatable bonds is 5. The molecule has 0 spiro atoms. The summed E-state index contributed by atoms with van der Waals surface area (Å²) in [6.45, 7) is 6.83. The Hall–Kier alpha value is -2.61. The van der Waals surface area contributed by atoms with Crippen molar-refractivity contribution in [1.82, 2.24) is 39.9 Å². The summed E-state index contributed by atoms with van der Waals surface area (Å²) in [7, 11) is 0. The number of aromatic nitrogens is 7. The third-order valence-corrected chi connectivity index (χ3v) is 4.89. The number of nitrogens with zero attached hydrogens (tertiary/aromatic N) is 8. The summed E-state index contributed by atoms with van der Waals surface area (Å²) in [5, 5.41) is 16.7. The fourth-order valence-electron chi connectivity index (χ4n) is 3.65. The van der Waals surface area contributed by atoms with Crippen molar-refractivity contribution < 1.29 is 0 Å². The molecule has 1 aliphatic heterocycles. The number of tetrazole rings is 1. The van der Waals surface area contributed by atoms with Crippen LogP contribution in [0.4, 0.5) is 0 Å². The van der Waals surface area contributed by atoms with Gasteiger partial charge in [0.05, 0.1) is 18.8 Å². The lowest BCUT2D eigenvalue weighted by Gasteiger charge is -2.23. The third kappa shape index (κ3) is 3.17. The van der Waals surface area contributed by atoms with Crippen LogP contribution < -0.4 is 0 Å². The van der Waals surface area contributed by atoms with E-state index in [9.17, 15) is 0 Å². The molecule has 130 valence electrons. The van der Waals surface area contributed by atoms with Gasteiger partial charge in [-0.25, -0.2) is 4.98 Å². The maximum absolute atomic E-state index is 4.30. The fraction of sp³-hybridized carbons (Fsp3) is 0.471. The molecule has 0 N–H and O–H groups in total. The lowest BCUT2D eigenvalue weighted by Crippen LogP contribution is -2.33. The highest BCUT2D eigenvalue weighted by molar-refractivity contribution is 5.46. The Kier molecular flexibility index (Phi) is 4.27. The molecule has 4 rings (SSSR count). The van der Waals surface area contributed by atoms with E-state index in [1.165, 1.54) is 17.5 Å². The zero-order valence-electron chi connectivity index (χ0n) is 14.6. The standard InChI is InChI=1S/C17H22N8/c1-13-5-3-6-14(2)17(13)25-16(20-21-22-25)10-23-8-4-7-15(23)9-24-12-18-11-19-24/h3,5-6,11-12,15H,4,7-10H2,1-2H3. The van der Waals surface area contributed by atoms with Crippen LogP contribution in [0.1, 0.15) is 29.8 Å². The minimum absolute atomic E-state index is 0.435. The maximum atomic E-state index is 4.30. The Morgan fingerprint density at radius 2 is 2.04 bits per heavy atom. The van der Waals surface area contributed by atoms with Crippen LogP contribution in [-0.2, 0) is 13.1 Å². The number of likely N-dealkylation sites (tertiary alicyclic amines) is 1. The summed E-state index contributed by atoms with van der Waals surface area (Å²) in [4.78, 5) is 6.48. The highest BCUT2D eigenvalue weighted by Crippen LogP contribution is 2.23. The van der Waals surface area contributed by atoms with Crippen molar-refractivity contribution in [3.8, 4) is 5.69 Å². The number of hydrogen-bond donors (Lipinski definition) is 0. The molecule has 1 aliphatic rings. The van der Waals surface area contributed by atoms with Crippen molar-refractivity contribution in [3.05, 3.63) is 47.8 Å². The first-order chi connectivity index (χ1) is 12.2. The summed E-state index contributed by atoms with van der Waals surface area (Å²) in [6, 6.07) is 6.69. The van der Waals surface area contributed by atoms with Gasteiger partial charge in [-0.15, -0.1) is 5.10 Å². The lowest BCUT2D eigenvalue weighted by molar-refractivity contribution is 0.212. The molecule has 0 saturated carbocycles. The van der Waals surface area contributed by atoms with Crippen LogP contribution in [0.25, 0.3) is 5.69 Å². The molecule has 2 aromatic heterocycles. The smallest absolute Gasteiger partial charge is 0.170 e. The van der Waals surface area contributed by atoms with E-state index >= 15 is 0 Å². The van der Waals surface area contributed by atoms with Crippen LogP contribution in [-0.4, -0.2) is 52.5 Å². The molecular formula is C17H22N8. The zero-order chi connectivity index (χ0) is 17.2. The highest BCUT2D eigenvalue weighted by atomic mass is 15.6. The largest absolute Gasteiger partial charge is 0.291 e. The van der Waals surface area contributed by atoms with E-state index < -0.39 is 0 Å². The molecule has 1 fully saturated rings. The average molecular weight is 338 g/mol. The molecule has 3 heterocycles. The second kappa shape index (κ2) is 6.72. The van der Waals surface area contributed by atoms with Crippen LogP contribution in [0, 0.1) is 13.8 Å². The van der Waals surface area contributed by atoms with E-state index in [1.807, 2.05) is 9.36 Å². The van der Waals surface area contributed by atoms with Gasteiger partial charge in [0.1, 0.15) is 12.7 Å². The van der Waals surface area contributed by atoms with Gasteiger partial charge < -0.3 is 0 Å². The normalized spacial score (nSPS) is 18.1. The zero-order valence-corrected chi connectivity index (χ0v) is 14.6. The van der Waals surface area contributed by atoms with E-state index in [2.05, 4.69) is 62.6 Å². The van der Waals surface area contributed by atoms with Gasteiger partial charge in [0.15, 0.2) is 5.82 Å². The summed E-state index contributed by atoms with van der Waals surface area (Å²) >= 11 is 0. The van der Waals surface area contributed by atoms with Gasteiger partial charge in [0, 0.05) is 6.04 Å². The van der Waals surface area contributed by atoms with Gasteiger partial charge >= 0.3 is 0 Å². The van der Waals surface area contributed by atoms with Gasteiger partial charge in [-0.05, 0) is 54.8 Å². The van der Waals surface area contributed by atoms with Crippen LogP contribution >= 0.6 is 0 Å². The minimum Gasteiger partial charge on any atom is -0.291 e. The van der Waals surface area contributed by atoms with Crippen molar-refractivity contribution in [2.75, 3.05) is 6.54 Å². The second-order valence-electron chi connectivity index (χ2n) is 6.63. The van der Waals surface area contributed by atoms with E-state index in [0.717, 1.165) is 37.6 Å². The molecule has 0 bridgehead atoms. The second-order valence-corrected chi connectivity index (χ2v) is 6.63. The molecule has 8 nitrogen and oxygen atoms in total. The monoisotopic (exact) mass is 338 g/mol. The Balaban J connectivity index is 1.56. The molecule has 0 amide bonds. The number of aryl methyl sites for hydroxylation is 2. The maximum Gasteiger partial charge on any atom is 0.170 e. The van der Waals surface area contributed by atoms with Crippen LogP contribution in [0.5, 0.6) is 0 Å². The van der Waals surface area contributed by atoms with Gasteiger partial charge in [-0.1, -0.05) is 18.2 Å². The fourth-order valence-corrected chi connectivity index (χ4v) is 3.65. The molecule has 0 radical (unpaired) electrons. The Morgan fingerprint density at radius 3 is 2.80 bits per heavy atom. The summed E-state index contributed by atoms with van der Waals surface area (Å²) in [6.07, 6.45) is 5.70. The van der Waals surface area contributed by atoms with Gasteiger partial charge in [0.2, 0.25) is 0 Å². The quantitative estimate of drug-likeness (QED) is 0.702. The van der Waals surface area contributed by atoms with Gasteiger partial charge in [-0.2, -0.15) is 9.78 Å². The van der Waals surface area contributed by atoms with Crippen molar-refractivity contribution in [2.45, 2.75) is 45.8 Å². The third-order valence-electron chi connectivity index (χ3n) is 4.89. The van der Waals surface area contributed by atoms with E-state index in [0.29, 0.717) is 6.04 Å². The van der Waals surface area contributed by atoms with Crippen LogP contribution in [0.3, 0.4) is 0 Å². The van der Waals surface area contributed by atoms with Crippen molar-refractivity contribution >= 4 is 0 Å². The predicted octanol–water partition coefficient (Wildman–Crippen LogP) is 1.54. The average Bonchev–Trinajstić information content (AvgIpc) is 3.32. The molecule has 8 heteroatoms. The number of hydrogen-bond acceptors (Lipinski definition) is 6. The SMILES string of the molecule is Cc1cccc(C)c1-n1nnnc1CN1CCCC1Cn1cncn1. The van der Waals surface area contributed by atoms with E-state index in [1.54, 1.807) is 12.7 Å². The molecule has 1 aromatic carbocycles. The lowest BCUT2D eigenvalue weighted by atomic mass is 10.1. The first-order valence-corrected chi connectivity index (χ1v) is 8.62. The van der Waals surface area contributed by atoms with Crippen LogP contribution in [0.15, 0.2) is 30.9 Å². The molecule has 1 atom stereocenters. The first kappa shape index (κ1) is 15.9. The molecule has 1 saturated heterocycles. The van der Waals surface area contributed by atoms with E-state index in [4.69, 9.17) is 0 Å².